The highest BCUT2D eigenvalue weighted by atomic mass is 32.2. The quantitative estimate of drug-likeness (QED) is 0.260. The zero-order valence-corrected chi connectivity index (χ0v) is 24.7. The second kappa shape index (κ2) is 12.8. The van der Waals surface area contributed by atoms with Crippen molar-refractivity contribution in [3.8, 4) is 5.69 Å². The van der Waals surface area contributed by atoms with Gasteiger partial charge in [0.2, 0.25) is 11.8 Å². The average molecular weight is 548 g/mol. The summed E-state index contributed by atoms with van der Waals surface area (Å²) in [5.41, 5.74) is 3.39. The Hall–Kier alpha value is -3.13. The van der Waals surface area contributed by atoms with Crippen LogP contribution in [0, 0.1) is 12.3 Å². The van der Waals surface area contributed by atoms with Crippen LogP contribution >= 0.6 is 11.8 Å². The minimum Gasteiger partial charge on any atom is -0.339 e. The molecule has 1 unspecified atom stereocenters. The number of amides is 2. The molecule has 0 bridgehead atoms. The van der Waals surface area contributed by atoms with E-state index in [1.807, 2.05) is 34.9 Å². The first-order chi connectivity index (χ1) is 18.6. The summed E-state index contributed by atoms with van der Waals surface area (Å²) in [6, 6.07) is 18.7. The molecule has 1 aliphatic heterocycles. The van der Waals surface area contributed by atoms with Crippen LogP contribution in [0.3, 0.4) is 0 Å². The maximum absolute atomic E-state index is 13.0. The number of hydrogen-bond acceptors (Lipinski definition) is 5. The zero-order chi connectivity index (χ0) is 28.0. The first kappa shape index (κ1) is 28.9. The van der Waals surface area contributed by atoms with Gasteiger partial charge in [-0.05, 0) is 48.9 Å². The normalized spacial score (nSPS) is 16.0. The number of aryl methyl sites for hydroxylation is 1. The summed E-state index contributed by atoms with van der Waals surface area (Å²) in [5, 5.41) is 9.92. The number of rotatable bonds is 9. The number of aromatic nitrogens is 3. The predicted octanol–water partition coefficient (Wildman–Crippen LogP) is 5.53. The molecule has 0 saturated carbocycles. The standard InChI is InChI=1S/C31H41N5O2S/c1-23-11-9-14-26(19-23)36-27(20-25-12-7-6-8-13-25)32-33-30(36)39-18-10-15-28(37)34-16-17-35(24(2)22-34)29(38)21-31(3,4)5/h6-9,11-14,19,24H,10,15-18,20-22H2,1-5H3. The summed E-state index contributed by atoms with van der Waals surface area (Å²) < 4.78 is 2.14. The fourth-order valence-electron chi connectivity index (χ4n) is 4.97. The number of carbonyl (C=O) groups excluding carboxylic acids is 2. The molecule has 1 fully saturated rings. The SMILES string of the molecule is Cc1cccc(-n2c(Cc3ccccc3)nnc2SCCCC(=O)N2CCN(C(=O)CC(C)(C)C)C(C)C2)c1. The Bertz CT molecular complexity index is 1270. The third-order valence-electron chi connectivity index (χ3n) is 6.91. The molecule has 1 aliphatic rings. The van der Waals surface area contributed by atoms with E-state index in [0.29, 0.717) is 38.9 Å². The summed E-state index contributed by atoms with van der Waals surface area (Å²) in [4.78, 5) is 29.5. The average Bonchev–Trinajstić information content (AvgIpc) is 3.28. The van der Waals surface area contributed by atoms with E-state index in [9.17, 15) is 9.59 Å². The van der Waals surface area contributed by atoms with E-state index in [0.717, 1.165) is 28.8 Å². The van der Waals surface area contributed by atoms with Crippen LogP contribution in [0.5, 0.6) is 0 Å². The molecule has 2 aromatic carbocycles. The number of hydrogen-bond donors (Lipinski definition) is 0. The van der Waals surface area contributed by atoms with Crippen molar-refractivity contribution in [2.24, 2.45) is 5.41 Å². The van der Waals surface area contributed by atoms with Crippen molar-refractivity contribution < 1.29 is 9.59 Å². The Balaban J connectivity index is 1.33. The van der Waals surface area contributed by atoms with E-state index in [4.69, 9.17) is 0 Å². The van der Waals surface area contributed by atoms with E-state index in [1.165, 1.54) is 11.1 Å². The maximum Gasteiger partial charge on any atom is 0.223 e. The Kier molecular flexibility index (Phi) is 9.49. The highest BCUT2D eigenvalue weighted by Crippen LogP contribution is 2.26. The Morgan fingerprint density at radius 3 is 2.46 bits per heavy atom. The second-order valence-corrected chi connectivity index (χ2v) is 12.8. The van der Waals surface area contributed by atoms with Crippen LogP contribution in [0.4, 0.5) is 0 Å². The lowest BCUT2D eigenvalue weighted by Crippen LogP contribution is -2.55. The predicted molar refractivity (Wildman–Crippen MR) is 157 cm³/mol. The molecule has 0 spiro atoms. The molecule has 4 rings (SSSR count). The molecule has 0 aliphatic carbocycles. The molecule has 0 N–H and O–H groups in total. The van der Waals surface area contributed by atoms with Gasteiger partial charge in [-0.25, -0.2) is 0 Å². The van der Waals surface area contributed by atoms with Gasteiger partial charge in [0.05, 0.1) is 0 Å². The van der Waals surface area contributed by atoms with Crippen molar-refractivity contribution in [1.29, 1.82) is 0 Å². The summed E-state index contributed by atoms with van der Waals surface area (Å²) in [5.74, 6) is 2.03. The topological polar surface area (TPSA) is 71.3 Å². The van der Waals surface area contributed by atoms with Gasteiger partial charge in [-0.2, -0.15) is 0 Å². The molecule has 2 amide bonds. The minimum absolute atomic E-state index is 0.0344. The third kappa shape index (κ3) is 7.94. The molecule has 2 heterocycles. The van der Waals surface area contributed by atoms with Crippen LogP contribution in [-0.4, -0.2) is 67.8 Å². The molecule has 1 saturated heterocycles. The fraction of sp³-hybridized carbons (Fsp3) is 0.484. The lowest BCUT2D eigenvalue weighted by atomic mass is 9.91. The molecule has 1 atom stereocenters. The van der Waals surface area contributed by atoms with Crippen LogP contribution in [0.25, 0.3) is 5.69 Å². The van der Waals surface area contributed by atoms with Gasteiger partial charge < -0.3 is 9.80 Å². The maximum atomic E-state index is 13.0. The van der Waals surface area contributed by atoms with Crippen molar-refractivity contribution in [3.05, 3.63) is 71.5 Å². The minimum atomic E-state index is -0.0344. The van der Waals surface area contributed by atoms with E-state index in [1.54, 1.807) is 11.8 Å². The van der Waals surface area contributed by atoms with Gasteiger partial charge in [0, 0.05) is 56.4 Å². The molecule has 8 heteroatoms. The molecular formula is C31H41N5O2S. The smallest absolute Gasteiger partial charge is 0.223 e. The van der Waals surface area contributed by atoms with E-state index >= 15 is 0 Å². The van der Waals surface area contributed by atoms with Crippen LogP contribution in [0.15, 0.2) is 59.8 Å². The van der Waals surface area contributed by atoms with Gasteiger partial charge in [-0.3, -0.25) is 14.2 Å². The molecule has 0 radical (unpaired) electrons. The van der Waals surface area contributed by atoms with Crippen molar-refractivity contribution in [1.82, 2.24) is 24.6 Å². The Morgan fingerprint density at radius 1 is 1.00 bits per heavy atom. The first-order valence-corrected chi connectivity index (χ1v) is 14.8. The number of carbonyl (C=O) groups is 2. The molecule has 39 heavy (non-hydrogen) atoms. The molecule has 1 aromatic heterocycles. The molecule has 7 nitrogen and oxygen atoms in total. The fourth-order valence-corrected chi connectivity index (χ4v) is 5.88. The largest absolute Gasteiger partial charge is 0.339 e. The second-order valence-electron chi connectivity index (χ2n) is 11.7. The summed E-state index contributed by atoms with van der Waals surface area (Å²) in [6.07, 6.45) is 2.48. The molecule has 3 aromatic rings. The van der Waals surface area contributed by atoms with E-state index in [2.05, 4.69) is 78.9 Å². The van der Waals surface area contributed by atoms with Gasteiger partial charge in [0.15, 0.2) is 5.16 Å². The summed E-state index contributed by atoms with van der Waals surface area (Å²) in [6.45, 7) is 12.2. The van der Waals surface area contributed by atoms with Crippen LogP contribution in [-0.2, 0) is 16.0 Å². The monoisotopic (exact) mass is 547 g/mol. The number of piperazine rings is 1. The molecular weight excluding hydrogens is 506 g/mol. The number of thioether (sulfide) groups is 1. The van der Waals surface area contributed by atoms with E-state index in [-0.39, 0.29) is 23.3 Å². The van der Waals surface area contributed by atoms with Crippen LogP contribution in [0.1, 0.15) is 63.9 Å². The third-order valence-corrected chi connectivity index (χ3v) is 7.93. The van der Waals surface area contributed by atoms with E-state index < -0.39 is 0 Å². The van der Waals surface area contributed by atoms with Crippen molar-refractivity contribution in [2.45, 2.75) is 71.5 Å². The van der Waals surface area contributed by atoms with Crippen molar-refractivity contribution >= 4 is 23.6 Å². The highest BCUT2D eigenvalue weighted by Gasteiger charge is 2.31. The first-order valence-electron chi connectivity index (χ1n) is 13.9. The zero-order valence-electron chi connectivity index (χ0n) is 23.9. The van der Waals surface area contributed by atoms with Gasteiger partial charge in [0.1, 0.15) is 5.82 Å². The number of benzene rings is 2. The number of nitrogens with zero attached hydrogens (tertiary/aromatic N) is 5. The van der Waals surface area contributed by atoms with Crippen molar-refractivity contribution in [3.63, 3.8) is 0 Å². The summed E-state index contributed by atoms with van der Waals surface area (Å²) in [7, 11) is 0. The van der Waals surface area contributed by atoms with Gasteiger partial charge >= 0.3 is 0 Å². The lowest BCUT2D eigenvalue weighted by molar-refractivity contribution is -0.143. The highest BCUT2D eigenvalue weighted by molar-refractivity contribution is 7.99. The lowest BCUT2D eigenvalue weighted by Gasteiger charge is -2.41. The van der Waals surface area contributed by atoms with Gasteiger partial charge in [0.25, 0.3) is 0 Å². The van der Waals surface area contributed by atoms with Gasteiger partial charge in [-0.1, -0.05) is 75.0 Å². The van der Waals surface area contributed by atoms with Gasteiger partial charge in [-0.15, -0.1) is 10.2 Å². The Labute approximate surface area is 237 Å². The Morgan fingerprint density at radius 2 is 1.77 bits per heavy atom. The summed E-state index contributed by atoms with van der Waals surface area (Å²) >= 11 is 1.64. The van der Waals surface area contributed by atoms with Crippen LogP contribution in [0.2, 0.25) is 0 Å². The van der Waals surface area contributed by atoms with Crippen molar-refractivity contribution in [2.75, 3.05) is 25.4 Å². The van der Waals surface area contributed by atoms with Crippen LogP contribution < -0.4 is 0 Å². The molecule has 208 valence electrons.